The molecule has 0 radical (unpaired) electrons. The number of carbonyl (C=O) groups excluding carboxylic acids is 2. The van der Waals surface area contributed by atoms with Gasteiger partial charge in [0.15, 0.2) is 0 Å². The van der Waals surface area contributed by atoms with E-state index >= 15 is 0 Å². The minimum Gasteiger partial charge on any atom is -0.496 e. The Labute approximate surface area is 184 Å². The number of amides is 2. The SMILES string of the molecule is COc1ccccc1CN(Cc1cccs1)C(=O)CN1C(=O)CSc2ccccc21. The van der Waals surface area contributed by atoms with Crippen molar-refractivity contribution in [2.24, 2.45) is 0 Å². The van der Waals surface area contributed by atoms with Crippen LogP contribution in [0.15, 0.2) is 70.9 Å². The molecule has 0 atom stereocenters. The lowest BCUT2D eigenvalue weighted by Gasteiger charge is -2.31. The average Bonchev–Trinajstić information content (AvgIpc) is 3.29. The highest BCUT2D eigenvalue weighted by Crippen LogP contribution is 2.35. The van der Waals surface area contributed by atoms with Crippen LogP contribution in [0.5, 0.6) is 5.75 Å². The molecule has 1 aliphatic rings. The molecule has 4 rings (SSSR count). The Balaban J connectivity index is 1.59. The molecular formula is C23H22N2O3S2. The Hall–Kier alpha value is -2.77. The van der Waals surface area contributed by atoms with Gasteiger partial charge in [0.05, 0.1) is 25.1 Å². The molecule has 0 bridgehead atoms. The van der Waals surface area contributed by atoms with Crippen LogP contribution in [0.3, 0.4) is 0 Å². The normalized spacial score (nSPS) is 13.1. The van der Waals surface area contributed by atoms with Gasteiger partial charge in [-0.2, -0.15) is 0 Å². The molecule has 0 N–H and O–H groups in total. The summed E-state index contributed by atoms with van der Waals surface area (Å²) in [5.74, 6) is 0.962. The zero-order chi connectivity index (χ0) is 20.9. The molecule has 0 aliphatic carbocycles. The summed E-state index contributed by atoms with van der Waals surface area (Å²) in [4.78, 5) is 31.5. The monoisotopic (exact) mass is 438 g/mol. The molecule has 7 heteroatoms. The van der Waals surface area contributed by atoms with Crippen molar-refractivity contribution in [3.63, 3.8) is 0 Å². The zero-order valence-corrected chi connectivity index (χ0v) is 18.2. The summed E-state index contributed by atoms with van der Waals surface area (Å²) in [5, 5.41) is 2.00. The number of hydrogen-bond donors (Lipinski definition) is 0. The van der Waals surface area contributed by atoms with Gasteiger partial charge in [0.1, 0.15) is 12.3 Å². The minimum atomic E-state index is -0.0932. The predicted molar refractivity (Wildman–Crippen MR) is 121 cm³/mol. The summed E-state index contributed by atoms with van der Waals surface area (Å²) < 4.78 is 5.47. The number of anilines is 1. The van der Waals surface area contributed by atoms with Crippen LogP contribution in [-0.4, -0.2) is 36.1 Å². The maximum atomic E-state index is 13.4. The maximum Gasteiger partial charge on any atom is 0.243 e. The summed E-state index contributed by atoms with van der Waals surface area (Å²) in [5.41, 5.74) is 1.74. The highest BCUT2D eigenvalue weighted by atomic mass is 32.2. The Morgan fingerprint density at radius 1 is 1.07 bits per heavy atom. The zero-order valence-electron chi connectivity index (χ0n) is 16.6. The van der Waals surface area contributed by atoms with Crippen molar-refractivity contribution < 1.29 is 14.3 Å². The van der Waals surface area contributed by atoms with Gasteiger partial charge >= 0.3 is 0 Å². The number of hydrogen-bond acceptors (Lipinski definition) is 5. The molecule has 2 aromatic carbocycles. The maximum absolute atomic E-state index is 13.4. The number of thiophene rings is 1. The molecule has 30 heavy (non-hydrogen) atoms. The van der Waals surface area contributed by atoms with Gasteiger partial charge in [-0.15, -0.1) is 23.1 Å². The van der Waals surface area contributed by atoms with E-state index in [1.54, 1.807) is 28.2 Å². The van der Waals surface area contributed by atoms with Crippen LogP contribution in [-0.2, 0) is 22.7 Å². The van der Waals surface area contributed by atoms with E-state index in [-0.39, 0.29) is 18.4 Å². The van der Waals surface area contributed by atoms with Gasteiger partial charge in [0.25, 0.3) is 0 Å². The summed E-state index contributed by atoms with van der Waals surface area (Å²) >= 11 is 3.13. The first-order valence-electron chi connectivity index (χ1n) is 9.60. The molecule has 2 amide bonds. The summed E-state index contributed by atoms with van der Waals surface area (Å²) in [6.07, 6.45) is 0. The largest absolute Gasteiger partial charge is 0.496 e. The molecule has 1 aliphatic heterocycles. The smallest absolute Gasteiger partial charge is 0.243 e. The molecule has 0 fully saturated rings. The lowest BCUT2D eigenvalue weighted by molar-refractivity contribution is -0.132. The molecule has 0 saturated heterocycles. The third kappa shape index (κ3) is 4.52. The Morgan fingerprint density at radius 3 is 2.67 bits per heavy atom. The summed E-state index contributed by atoms with van der Waals surface area (Å²) in [6, 6.07) is 19.4. The van der Waals surface area contributed by atoms with Crippen molar-refractivity contribution >= 4 is 40.6 Å². The molecule has 5 nitrogen and oxygen atoms in total. The van der Waals surface area contributed by atoms with Crippen LogP contribution in [0.25, 0.3) is 0 Å². The van der Waals surface area contributed by atoms with E-state index in [4.69, 9.17) is 4.74 Å². The highest BCUT2D eigenvalue weighted by molar-refractivity contribution is 8.00. The third-order valence-electron chi connectivity index (χ3n) is 4.93. The number of nitrogens with zero attached hydrogens (tertiary/aromatic N) is 2. The molecule has 0 unspecified atom stereocenters. The number of carbonyl (C=O) groups is 2. The topological polar surface area (TPSA) is 49.9 Å². The third-order valence-corrected chi connectivity index (χ3v) is 6.84. The number of rotatable bonds is 7. The Morgan fingerprint density at radius 2 is 1.87 bits per heavy atom. The number of para-hydroxylation sites is 2. The fourth-order valence-electron chi connectivity index (χ4n) is 3.42. The van der Waals surface area contributed by atoms with Crippen LogP contribution in [0.2, 0.25) is 0 Å². The second-order valence-corrected chi connectivity index (χ2v) is 8.93. The van der Waals surface area contributed by atoms with Crippen molar-refractivity contribution in [1.82, 2.24) is 4.90 Å². The molecule has 0 spiro atoms. The van der Waals surface area contributed by atoms with Crippen LogP contribution in [0.1, 0.15) is 10.4 Å². The Bertz CT molecular complexity index is 1040. The first-order valence-corrected chi connectivity index (χ1v) is 11.5. The second kappa shape index (κ2) is 9.36. The van der Waals surface area contributed by atoms with Gasteiger partial charge in [-0.3, -0.25) is 9.59 Å². The van der Waals surface area contributed by atoms with E-state index in [1.165, 1.54) is 11.8 Å². The predicted octanol–water partition coefficient (Wildman–Crippen LogP) is 4.42. The number of ether oxygens (including phenoxy) is 1. The first kappa shape index (κ1) is 20.5. The minimum absolute atomic E-state index is 0.0247. The second-order valence-electron chi connectivity index (χ2n) is 6.88. The molecular weight excluding hydrogens is 416 g/mol. The Kier molecular flexibility index (Phi) is 6.40. The number of methoxy groups -OCH3 is 1. The van der Waals surface area contributed by atoms with E-state index in [0.29, 0.717) is 18.8 Å². The van der Waals surface area contributed by atoms with E-state index < -0.39 is 0 Å². The first-order chi connectivity index (χ1) is 14.7. The summed E-state index contributed by atoms with van der Waals surface area (Å²) in [6.45, 7) is 0.934. The van der Waals surface area contributed by atoms with Gasteiger partial charge in [-0.1, -0.05) is 36.4 Å². The fourth-order valence-corrected chi connectivity index (χ4v) is 5.08. The van der Waals surface area contributed by atoms with Crippen molar-refractivity contribution in [3.8, 4) is 5.75 Å². The van der Waals surface area contributed by atoms with Gasteiger partial charge in [-0.05, 0) is 29.6 Å². The van der Waals surface area contributed by atoms with Crippen LogP contribution >= 0.6 is 23.1 Å². The molecule has 154 valence electrons. The lowest BCUT2D eigenvalue weighted by atomic mass is 10.1. The average molecular weight is 439 g/mol. The highest BCUT2D eigenvalue weighted by Gasteiger charge is 2.28. The molecule has 0 saturated carbocycles. The van der Waals surface area contributed by atoms with E-state index in [9.17, 15) is 9.59 Å². The number of thioether (sulfide) groups is 1. The van der Waals surface area contributed by atoms with E-state index in [2.05, 4.69) is 0 Å². The quantitative estimate of drug-likeness (QED) is 0.548. The molecule has 1 aromatic heterocycles. The van der Waals surface area contributed by atoms with Gasteiger partial charge in [0.2, 0.25) is 11.8 Å². The number of fused-ring (bicyclic) bond motifs is 1. The van der Waals surface area contributed by atoms with Crippen LogP contribution in [0, 0.1) is 0 Å². The van der Waals surface area contributed by atoms with Gasteiger partial charge < -0.3 is 14.5 Å². The molecule has 2 heterocycles. The van der Waals surface area contributed by atoms with Gasteiger partial charge in [-0.25, -0.2) is 0 Å². The van der Waals surface area contributed by atoms with Crippen LogP contribution in [0.4, 0.5) is 5.69 Å². The lowest BCUT2D eigenvalue weighted by Crippen LogP contribution is -2.44. The van der Waals surface area contributed by atoms with E-state index in [1.807, 2.05) is 66.0 Å². The van der Waals surface area contributed by atoms with Crippen molar-refractivity contribution in [3.05, 3.63) is 76.5 Å². The van der Waals surface area contributed by atoms with Gasteiger partial charge in [0, 0.05) is 21.9 Å². The van der Waals surface area contributed by atoms with Crippen LogP contribution < -0.4 is 9.64 Å². The standard InChI is InChI=1S/C23H22N2O3S2/c1-28-20-10-4-2-7-17(20)13-24(14-18-8-6-12-29-18)22(26)15-25-19-9-3-5-11-21(19)30-16-23(25)27/h2-12H,13-16H2,1H3. The van der Waals surface area contributed by atoms with Crippen molar-refractivity contribution in [2.75, 3.05) is 24.3 Å². The van der Waals surface area contributed by atoms with Crippen molar-refractivity contribution in [1.29, 1.82) is 0 Å². The molecule has 3 aromatic rings. The van der Waals surface area contributed by atoms with E-state index in [0.717, 1.165) is 26.8 Å². The number of benzene rings is 2. The summed E-state index contributed by atoms with van der Waals surface area (Å²) in [7, 11) is 1.63. The van der Waals surface area contributed by atoms with Crippen molar-refractivity contribution in [2.45, 2.75) is 18.0 Å². The fraction of sp³-hybridized carbons (Fsp3) is 0.217.